The van der Waals surface area contributed by atoms with E-state index in [0.717, 1.165) is 5.33 Å². The molecule has 1 heterocycles. The molecule has 84 valence electrons. The van der Waals surface area contributed by atoms with Crippen molar-refractivity contribution >= 4 is 39.1 Å². The SMILES string of the molecule is CC1=CP(=S)(c2ccccc2)C(CBr)=C1C. The third kappa shape index (κ3) is 1.88. The second kappa shape index (κ2) is 4.60. The van der Waals surface area contributed by atoms with E-state index in [0.29, 0.717) is 0 Å². The highest BCUT2D eigenvalue weighted by Gasteiger charge is 2.28. The van der Waals surface area contributed by atoms with Crippen molar-refractivity contribution in [3.05, 3.63) is 52.6 Å². The molecule has 1 aromatic rings. The Morgan fingerprint density at radius 1 is 1.19 bits per heavy atom. The van der Waals surface area contributed by atoms with Gasteiger partial charge in [0.1, 0.15) is 0 Å². The molecule has 0 aromatic heterocycles. The van der Waals surface area contributed by atoms with Crippen LogP contribution < -0.4 is 5.30 Å². The Bertz CT molecular complexity index is 514. The van der Waals surface area contributed by atoms with Crippen LogP contribution in [0, 0.1) is 0 Å². The fourth-order valence-electron chi connectivity index (χ4n) is 1.99. The predicted molar refractivity (Wildman–Crippen MR) is 80.6 cm³/mol. The van der Waals surface area contributed by atoms with Crippen molar-refractivity contribution in [1.29, 1.82) is 0 Å². The lowest BCUT2D eigenvalue weighted by molar-refractivity contribution is 1.35. The van der Waals surface area contributed by atoms with Gasteiger partial charge in [-0.2, -0.15) is 0 Å². The molecule has 3 heteroatoms. The zero-order valence-electron chi connectivity index (χ0n) is 9.40. The van der Waals surface area contributed by atoms with E-state index in [1.165, 1.54) is 21.8 Å². The van der Waals surface area contributed by atoms with Crippen LogP contribution >= 0.6 is 22.0 Å². The molecule has 0 saturated heterocycles. The Hall–Kier alpha value is -0.170. The van der Waals surface area contributed by atoms with Crippen LogP contribution in [-0.2, 0) is 11.8 Å². The molecule has 1 aromatic carbocycles. The van der Waals surface area contributed by atoms with E-state index in [9.17, 15) is 0 Å². The second-order valence-corrected chi connectivity index (χ2v) is 8.93. The summed E-state index contributed by atoms with van der Waals surface area (Å²) in [5.74, 6) is 2.31. The lowest BCUT2D eigenvalue weighted by atomic mass is 10.1. The molecule has 1 aliphatic heterocycles. The van der Waals surface area contributed by atoms with Gasteiger partial charge in [-0.25, -0.2) is 0 Å². The Labute approximate surface area is 111 Å². The van der Waals surface area contributed by atoms with Gasteiger partial charge in [-0.15, -0.1) is 0 Å². The quantitative estimate of drug-likeness (QED) is 0.577. The van der Waals surface area contributed by atoms with E-state index in [-0.39, 0.29) is 0 Å². The number of halogens is 1. The zero-order chi connectivity index (χ0) is 11.8. The molecule has 1 atom stereocenters. The van der Waals surface area contributed by atoms with Crippen molar-refractivity contribution in [2.24, 2.45) is 0 Å². The molecule has 0 bridgehead atoms. The Kier molecular flexibility index (Phi) is 3.53. The van der Waals surface area contributed by atoms with E-state index >= 15 is 0 Å². The lowest BCUT2D eigenvalue weighted by Gasteiger charge is -2.18. The first-order chi connectivity index (χ1) is 7.59. The maximum Gasteiger partial charge on any atom is 0.0303 e. The summed E-state index contributed by atoms with van der Waals surface area (Å²) in [5, 5.41) is 3.60. The average molecular weight is 313 g/mol. The van der Waals surface area contributed by atoms with Crippen LogP contribution in [0.4, 0.5) is 0 Å². The molecule has 0 saturated carbocycles. The topological polar surface area (TPSA) is 0 Å². The summed E-state index contributed by atoms with van der Waals surface area (Å²) >= 11 is 9.54. The highest BCUT2D eigenvalue weighted by molar-refractivity contribution is 9.09. The van der Waals surface area contributed by atoms with Crippen LogP contribution in [0.25, 0.3) is 0 Å². The Morgan fingerprint density at radius 2 is 1.81 bits per heavy atom. The van der Waals surface area contributed by atoms with Gasteiger partial charge < -0.3 is 0 Å². The minimum Gasteiger partial charge on any atom is -0.0875 e. The summed E-state index contributed by atoms with van der Waals surface area (Å²) < 4.78 is 0. The number of allylic oxidation sites excluding steroid dienone is 3. The first-order valence-electron chi connectivity index (χ1n) is 5.21. The molecule has 16 heavy (non-hydrogen) atoms. The summed E-state index contributed by atoms with van der Waals surface area (Å²) in [6.45, 7) is 4.34. The summed E-state index contributed by atoms with van der Waals surface area (Å²) in [7, 11) is 0. The van der Waals surface area contributed by atoms with Gasteiger partial charge in [-0.1, -0.05) is 58.1 Å². The van der Waals surface area contributed by atoms with Gasteiger partial charge in [0.05, 0.1) is 0 Å². The summed E-state index contributed by atoms with van der Waals surface area (Å²) in [5.41, 5.74) is 2.73. The molecule has 0 nitrogen and oxygen atoms in total. The van der Waals surface area contributed by atoms with Crippen molar-refractivity contribution in [3.8, 4) is 0 Å². The molecular weight excluding hydrogens is 299 g/mol. The minimum absolute atomic E-state index is 0.888. The molecule has 1 aliphatic rings. The van der Waals surface area contributed by atoms with E-state index in [2.05, 4.69) is 59.9 Å². The van der Waals surface area contributed by atoms with Crippen LogP contribution in [-0.4, -0.2) is 5.33 Å². The van der Waals surface area contributed by atoms with Crippen LogP contribution in [0.5, 0.6) is 0 Å². The second-order valence-electron chi connectivity index (χ2n) is 4.01. The highest BCUT2D eigenvalue weighted by Crippen LogP contribution is 2.61. The summed E-state index contributed by atoms with van der Waals surface area (Å²) in [6.07, 6.45) is 0. The smallest absolute Gasteiger partial charge is 0.0303 e. The molecule has 0 fully saturated rings. The van der Waals surface area contributed by atoms with Crippen LogP contribution in [0.3, 0.4) is 0 Å². The molecule has 0 amide bonds. The van der Waals surface area contributed by atoms with E-state index in [1.54, 1.807) is 0 Å². The molecule has 0 N–H and O–H groups in total. The molecule has 1 unspecified atom stereocenters. The van der Waals surface area contributed by atoms with Crippen LogP contribution in [0.1, 0.15) is 13.8 Å². The Balaban J connectivity index is 2.61. The van der Waals surface area contributed by atoms with Gasteiger partial charge in [-0.05, 0) is 41.4 Å². The number of benzene rings is 1. The highest BCUT2D eigenvalue weighted by atomic mass is 79.9. The first kappa shape index (κ1) is 12.3. The predicted octanol–water partition coefficient (Wildman–Crippen LogP) is 4.38. The van der Waals surface area contributed by atoms with E-state index < -0.39 is 6.04 Å². The third-order valence-electron chi connectivity index (χ3n) is 3.07. The third-order valence-corrected chi connectivity index (χ3v) is 8.78. The van der Waals surface area contributed by atoms with E-state index in [4.69, 9.17) is 11.8 Å². The van der Waals surface area contributed by atoms with Crippen LogP contribution in [0.15, 0.2) is 52.6 Å². The fraction of sp³-hybridized carbons (Fsp3) is 0.231. The fourth-order valence-corrected chi connectivity index (χ4v) is 8.37. The number of alkyl halides is 1. The van der Waals surface area contributed by atoms with Gasteiger partial charge in [0.15, 0.2) is 0 Å². The van der Waals surface area contributed by atoms with Crippen molar-refractivity contribution in [1.82, 2.24) is 0 Å². The van der Waals surface area contributed by atoms with Gasteiger partial charge in [0, 0.05) is 11.4 Å². The standard InChI is InChI=1S/C13H14BrPS/c1-10-9-15(16,13(8-14)11(10)2)12-6-4-3-5-7-12/h3-7,9H,8H2,1-2H3. The van der Waals surface area contributed by atoms with Gasteiger partial charge >= 0.3 is 0 Å². The van der Waals surface area contributed by atoms with Crippen molar-refractivity contribution in [2.45, 2.75) is 13.8 Å². The van der Waals surface area contributed by atoms with Gasteiger partial charge in [0.25, 0.3) is 0 Å². The van der Waals surface area contributed by atoms with Crippen molar-refractivity contribution in [2.75, 3.05) is 5.33 Å². The molecule has 2 rings (SSSR count). The minimum atomic E-state index is -1.64. The molecule has 0 radical (unpaired) electrons. The molecule has 0 spiro atoms. The summed E-state index contributed by atoms with van der Waals surface area (Å²) in [6, 6.07) is 8.87. The van der Waals surface area contributed by atoms with E-state index in [1.807, 2.05) is 6.07 Å². The maximum atomic E-state index is 5.95. The monoisotopic (exact) mass is 312 g/mol. The van der Waals surface area contributed by atoms with Gasteiger partial charge in [-0.3, -0.25) is 0 Å². The maximum absolute atomic E-state index is 5.95. The average Bonchev–Trinajstić information content (AvgIpc) is 2.52. The number of hydrogen-bond donors (Lipinski definition) is 0. The van der Waals surface area contributed by atoms with Crippen LogP contribution in [0.2, 0.25) is 0 Å². The Morgan fingerprint density at radius 3 is 2.38 bits per heavy atom. The van der Waals surface area contributed by atoms with Gasteiger partial charge in [0.2, 0.25) is 0 Å². The summed E-state index contributed by atoms with van der Waals surface area (Å²) in [4.78, 5) is 0. The van der Waals surface area contributed by atoms with Crippen molar-refractivity contribution < 1.29 is 0 Å². The van der Waals surface area contributed by atoms with Crippen molar-refractivity contribution in [3.63, 3.8) is 0 Å². The number of hydrogen-bond acceptors (Lipinski definition) is 1. The first-order valence-corrected chi connectivity index (χ1v) is 9.20. The lowest BCUT2D eigenvalue weighted by Crippen LogP contribution is -2.03. The normalized spacial score (nSPS) is 24.8. The molecular formula is C13H14BrPS. The largest absolute Gasteiger partial charge is 0.0875 e. The zero-order valence-corrected chi connectivity index (χ0v) is 12.7. The number of rotatable bonds is 2. The molecule has 0 aliphatic carbocycles.